The molecule has 6 nitrogen and oxygen atoms in total. The number of hydrogen-bond acceptors (Lipinski definition) is 4. The predicted octanol–water partition coefficient (Wildman–Crippen LogP) is 3.72. The van der Waals surface area contributed by atoms with Gasteiger partial charge in [-0.15, -0.1) is 0 Å². The number of amides is 2. The van der Waals surface area contributed by atoms with Crippen LogP contribution in [-0.4, -0.2) is 18.4 Å². The molecule has 0 aliphatic carbocycles. The monoisotopic (exact) mass is 404 g/mol. The zero-order valence-electron chi connectivity index (χ0n) is 17.0. The predicted molar refractivity (Wildman–Crippen MR) is 114 cm³/mol. The second-order valence-electron chi connectivity index (χ2n) is 6.82. The number of ether oxygens (including phenoxy) is 2. The van der Waals surface area contributed by atoms with E-state index in [-0.39, 0.29) is 13.2 Å². The first-order chi connectivity index (χ1) is 14.5. The van der Waals surface area contributed by atoms with E-state index in [1.807, 2.05) is 74.5 Å². The Kier molecular flexibility index (Phi) is 7.05. The molecule has 3 aromatic rings. The molecule has 0 aliphatic heterocycles. The summed E-state index contributed by atoms with van der Waals surface area (Å²) in [5.41, 5.74) is 7.91. The van der Waals surface area contributed by atoms with E-state index in [4.69, 9.17) is 9.47 Å². The van der Waals surface area contributed by atoms with Crippen LogP contribution in [0.4, 0.5) is 0 Å². The van der Waals surface area contributed by atoms with Crippen LogP contribution in [0.2, 0.25) is 0 Å². The number of hydrogen-bond donors (Lipinski definition) is 2. The van der Waals surface area contributed by atoms with Crippen molar-refractivity contribution in [2.75, 3.05) is 6.61 Å². The van der Waals surface area contributed by atoms with Crippen molar-refractivity contribution in [2.24, 2.45) is 0 Å². The lowest BCUT2D eigenvalue weighted by Gasteiger charge is -2.13. The summed E-state index contributed by atoms with van der Waals surface area (Å²) in [4.78, 5) is 24.6. The van der Waals surface area contributed by atoms with Gasteiger partial charge in [0.2, 0.25) is 0 Å². The second kappa shape index (κ2) is 10.1. The fourth-order valence-corrected chi connectivity index (χ4v) is 2.78. The largest absolute Gasteiger partial charge is 0.489 e. The topological polar surface area (TPSA) is 76.7 Å². The Morgan fingerprint density at radius 1 is 0.833 bits per heavy atom. The lowest BCUT2D eigenvalue weighted by atomic mass is 10.1. The number of carbonyl (C=O) groups excluding carboxylic acids is 2. The van der Waals surface area contributed by atoms with Crippen molar-refractivity contribution in [3.8, 4) is 11.5 Å². The molecule has 30 heavy (non-hydrogen) atoms. The van der Waals surface area contributed by atoms with Gasteiger partial charge in [-0.3, -0.25) is 20.4 Å². The van der Waals surface area contributed by atoms with Crippen molar-refractivity contribution in [1.82, 2.24) is 10.9 Å². The molecule has 6 heteroatoms. The minimum absolute atomic E-state index is 0.205. The summed E-state index contributed by atoms with van der Waals surface area (Å²) in [5.74, 6) is 0.467. The average molecular weight is 404 g/mol. The first-order valence-electron chi connectivity index (χ1n) is 9.58. The molecule has 0 bridgehead atoms. The summed E-state index contributed by atoms with van der Waals surface area (Å²) < 4.78 is 11.3. The summed E-state index contributed by atoms with van der Waals surface area (Å²) >= 11 is 0. The third-order valence-corrected chi connectivity index (χ3v) is 4.42. The van der Waals surface area contributed by atoms with E-state index in [1.165, 1.54) is 0 Å². The number of hydrazine groups is 1. The van der Waals surface area contributed by atoms with E-state index in [2.05, 4.69) is 10.9 Å². The molecule has 0 unspecified atom stereocenters. The summed E-state index contributed by atoms with van der Waals surface area (Å²) in [5, 5.41) is 0. The van der Waals surface area contributed by atoms with Gasteiger partial charge in [-0.2, -0.15) is 0 Å². The summed E-state index contributed by atoms with van der Waals surface area (Å²) in [6.07, 6.45) is 0. The second-order valence-corrected chi connectivity index (χ2v) is 6.82. The minimum Gasteiger partial charge on any atom is -0.489 e. The Hall–Kier alpha value is -3.80. The van der Waals surface area contributed by atoms with Crippen LogP contribution < -0.4 is 20.3 Å². The van der Waals surface area contributed by atoms with Gasteiger partial charge in [0.05, 0.1) is 0 Å². The van der Waals surface area contributed by atoms with E-state index >= 15 is 0 Å². The van der Waals surface area contributed by atoms with E-state index < -0.39 is 11.8 Å². The third-order valence-electron chi connectivity index (χ3n) is 4.42. The summed E-state index contributed by atoms with van der Waals surface area (Å²) in [6, 6.07) is 22.2. The van der Waals surface area contributed by atoms with Crippen LogP contribution in [0.5, 0.6) is 11.5 Å². The first kappa shape index (κ1) is 20.9. The molecule has 2 N–H and O–H groups in total. The molecule has 0 saturated heterocycles. The summed E-state index contributed by atoms with van der Waals surface area (Å²) in [7, 11) is 0. The van der Waals surface area contributed by atoms with Crippen LogP contribution in [0.1, 0.15) is 27.0 Å². The Morgan fingerprint density at radius 3 is 2.37 bits per heavy atom. The van der Waals surface area contributed by atoms with Crippen molar-refractivity contribution in [2.45, 2.75) is 20.5 Å². The van der Waals surface area contributed by atoms with E-state index in [9.17, 15) is 9.59 Å². The molecule has 0 aromatic heterocycles. The van der Waals surface area contributed by atoms with Gasteiger partial charge in [0.1, 0.15) is 18.1 Å². The smallest absolute Gasteiger partial charge is 0.276 e. The Bertz CT molecular complexity index is 1020. The molecular formula is C24H24N2O4. The van der Waals surface area contributed by atoms with Gasteiger partial charge in [0.25, 0.3) is 11.8 Å². The molecular weight excluding hydrogens is 380 g/mol. The standard InChI is InChI=1S/C24H24N2O4/c1-17-12-13-18(2)22(14-17)30-16-23(27)25-26-24(28)21-11-7-6-8-19(21)15-29-20-9-4-3-5-10-20/h3-14H,15-16H2,1-2H3,(H,25,27)(H,26,28). The Labute approximate surface area is 175 Å². The van der Waals surface area contributed by atoms with E-state index in [1.54, 1.807) is 12.1 Å². The highest BCUT2D eigenvalue weighted by Crippen LogP contribution is 2.19. The molecule has 2 amide bonds. The molecule has 0 saturated carbocycles. The maximum Gasteiger partial charge on any atom is 0.276 e. The highest BCUT2D eigenvalue weighted by atomic mass is 16.5. The molecule has 0 aliphatic rings. The van der Waals surface area contributed by atoms with Gasteiger partial charge in [0, 0.05) is 11.1 Å². The maximum absolute atomic E-state index is 12.5. The van der Waals surface area contributed by atoms with Crippen molar-refractivity contribution in [3.05, 3.63) is 95.1 Å². The molecule has 0 radical (unpaired) electrons. The lowest BCUT2D eigenvalue weighted by Crippen LogP contribution is -2.44. The van der Waals surface area contributed by atoms with Crippen LogP contribution in [0.3, 0.4) is 0 Å². The van der Waals surface area contributed by atoms with Gasteiger partial charge in [-0.25, -0.2) is 0 Å². The van der Waals surface area contributed by atoms with E-state index in [0.29, 0.717) is 22.6 Å². The highest BCUT2D eigenvalue weighted by Gasteiger charge is 2.13. The minimum atomic E-state index is -0.456. The average Bonchev–Trinajstić information content (AvgIpc) is 2.77. The quantitative estimate of drug-likeness (QED) is 0.589. The zero-order chi connectivity index (χ0) is 21.3. The number of nitrogens with one attached hydrogen (secondary N) is 2. The highest BCUT2D eigenvalue weighted by molar-refractivity contribution is 5.96. The lowest BCUT2D eigenvalue weighted by molar-refractivity contribution is -0.123. The molecule has 3 rings (SSSR count). The third kappa shape index (κ3) is 5.85. The Balaban J connectivity index is 1.53. The van der Waals surface area contributed by atoms with Crippen LogP contribution >= 0.6 is 0 Å². The fourth-order valence-electron chi connectivity index (χ4n) is 2.78. The number of para-hydroxylation sites is 1. The van der Waals surface area contributed by atoms with Crippen molar-refractivity contribution in [1.29, 1.82) is 0 Å². The van der Waals surface area contributed by atoms with Crippen molar-refractivity contribution in [3.63, 3.8) is 0 Å². The van der Waals surface area contributed by atoms with Gasteiger partial charge < -0.3 is 9.47 Å². The van der Waals surface area contributed by atoms with Crippen molar-refractivity contribution < 1.29 is 19.1 Å². The SMILES string of the molecule is Cc1ccc(C)c(OCC(=O)NNC(=O)c2ccccc2COc2ccccc2)c1. The maximum atomic E-state index is 12.5. The number of rotatable bonds is 7. The van der Waals surface area contributed by atoms with Crippen molar-refractivity contribution >= 4 is 11.8 Å². The fraction of sp³-hybridized carbons (Fsp3) is 0.167. The molecule has 0 atom stereocenters. The molecule has 154 valence electrons. The molecule has 0 spiro atoms. The number of carbonyl (C=O) groups is 2. The van der Waals surface area contributed by atoms with Gasteiger partial charge in [0.15, 0.2) is 6.61 Å². The van der Waals surface area contributed by atoms with Crippen LogP contribution in [-0.2, 0) is 11.4 Å². The summed E-state index contributed by atoms with van der Waals surface area (Å²) in [6.45, 7) is 3.88. The van der Waals surface area contributed by atoms with Gasteiger partial charge >= 0.3 is 0 Å². The molecule has 0 heterocycles. The zero-order valence-corrected chi connectivity index (χ0v) is 17.0. The first-order valence-corrected chi connectivity index (χ1v) is 9.58. The van der Waals surface area contributed by atoms with Crippen LogP contribution in [0.25, 0.3) is 0 Å². The van der Waals surface area contributed by atoms with Crippen LogP contribution in [0.15, 0.2) is 72.8 Å². The number of benzene rings is 3. The van der Waals surface area contributed by atoms with Crippen LogP contribution in [0, 0.1) is 13.8 Å². The molecule has 0 fully saturated rings. The molecule has 3 aromatic carbocycles. The Morgan fingerprint density at radius 2 is 1.57 bits per heavy atom. The van der Waals surface area contributed by atoms with E-state index in [0.717, 1.165) is 11.1 Å². The number of aryl methyl sites for hydroxylation is 2. The normalized spacial score (nSPS) is 10.2. The van der Waals surface area contributed by atoms with Gasteiger partial charge in [-0.1, -0.05) is 48.5 Å². The van der Waals surface area contributed by atoms with Gasteiger partial charge in [-0.05, 0) is 49.2 Å².